The molecule has 0 aromatic carbocycles. The molecule has 6 heteroatoms. The number of rotatable bonds is 47. The molecule has 0 fully saturated rings. The van der Waals surface area contributed by atoms with Gasteiger partial charge in [0.25, 0.3) is 0 Å². The fraction of sp³-hybridized carbons (Fsp3) is 0.943. The summed E-state index contributed by atoms with van der Waals surface area (Å²) >= 11 is 0. The maximum Gasteiger partial charge on any atom is 0.306 e. The van der Waals surface area contributed by atoms with Crippen molar-refractivity contribution in [1.29, 1.82) is 0 Å². The number of hydrogen-bond acceptors (Lipinski definition) is 6. The lowest BCUT2D eigenvalue weighted by Crippen LogP contribution is -2.30. The molecule has 0 aliphatic carbocycles. The molecule has 1 atom stereocenters. The predicted octanol–water partition coefficient (Wildman–Crippen LogP) is 16.9. The summed E-state index contributed by atoms with van der Waals surface area (Å²) in [7, 11) is 0. The Bertz CT molecular complexity index is 900. The van der Waals surface area contributed by atoms with E-state index in [9.17, 15) is 14.4 Å². The van der Waals surface area contributed by atoms with E-state index in [0.29, 0.717) is 19.3 Å². The van der Waals surface area contributed by atoms with Crippen molar-refractivity contribution >= 4 is 17.9 Å². The van der Waals surface area contributed by atoms with E-state index in [1.165, 1.54) is 180 Å². The Hall–Kier alpha value is -1.59. The van der Waals surface area contributed by atoms with Crippen molar-refractivity contribution < 1.29 is 28.6 Å². The van der Waals surface area contributed by atoms with Crippen LogP contribution < -0.4 is 0 Å². The van der Waals surface area contributed by atoms with Crippen molar-refractivity contribution in [3.8, 4) is 0 Å². The molecule has 0 aliphatic rings. The van der Waals surface area contributed by atoms with E-state index in [1.807, 2.05) is 0 Å². The van der Waals surface area contributed by atoms with Crippen molar-refractivity contribution in [3.63, 3.8) is 0 Å². The Morgan fingerprint density at radius 2 is 0.559 bits per heavy atom. The highest BCUT2D eigenvalue weighted by molar-refractivity contribution is 5.71. The van der Waals surface area contributed by atoms with Gasteiger partial charge in [-0.15, -0.1) is 0 Å². The van der Waals surface area contributed by atoms with Crippen molar-refractivity contribution in [2.75, 3.05) is 13.2 Å². The number of carbonyl (C=O) groups is 3. The molecule has 0 saturated carbocycles. The molecular weight excluding hydrogens is 733 g/mol. The Kier molecular flexibility index (Phi) is 44.7. The third kappa shape index (κ3) is 47.3. The Morgan fingerprint density at radius 1 is 0.322 bits per heavy atom. The molecule has 0 aromatic rings. The topological polar surface area (TPSA) is 78.9 Å². The summed E-state index contributed by atoms with van der Waals surface area (Å²) in [6, 6.07) is 0. The maximum atomic E-state index is 12.8. The number of unbranched alkanes of at least 4 members (excludes halogenated alkanes) is 32. The number of esters is 3. The van der Waals surface area contributed by atoms with Gasteiger partial charge in [-0.05, 0) is 31.1 Å². The van der Waals surface area contributed by atoms with Crippen LogP contribution in [0.15, 0.2) is 0 Å². The number of carbonyl (C=O) groups excluding carboxylic acids is 3. The lowest BCUT2D eigenvalue weighted by atomic mass is 10.0. The molecule has 0 aliphatic heterocycles. The smallest absolute Gasteiger partial charge is 0.306 e. The number of hydrogen-bond donors (Lipinski definition) is 0. The van der Waals surface area contributed by atoms with Gasteiger partial charge in [-0.2, -0.15) is 0 Å². The first kappa shape index (κ1) is 57.4. The highest BCUT2D eigenvalue weighted by Crippen LogP contribution is 2.17. The largest absolute Gasteiger partial charge is 0.462 e. The summed E-state index contributed by atoms with van der Waals surface area (Å²) in [5.41, 5.74) is 0. The van der Waals surface area contributed by atoms with E-state index in [0.717, 1.165) is 69.6 Å². The molecule has 0 bridgehead atoms. The van der Waals surface area contributed by atoms with Gasteiger partial charge in [0.2, 0.25) is 0 Å². The Morgan fingerprint density at radius 3 is 0.831 bits per heavy atom. The van der Waals surface area contributed by atoms with Gasteiger partial charge in [-0.3, -0.25) is 14.4 Å². The van der Waals surface area contributed by atoms with E-state index in [4.69, 9.17) is 14.2 Å². The SMILES string of the molecule is CCCCCCCCCCCCC(=O)OC[C@@H](COC(=O)CCCCCCCCCCCCCCCCCCC(C)C)OC(=O)CCCCCCCCCCCC(C)C. The van der Waals surface area contributed by atoms with Crippen LogP contribution in [-0.4, -0.2) is 37.2 Å². The molecule has 59 heavy (non-hydrogen) atoms. The van der Waals surface area contributed by atoms with Crippen LogP contribution in [0.4, 0.5) is 0 Å². The molecule has 0 aromatic heterocycles. The standard InChI is InChI=1S/C53H102O6/c1-6-7-8-9-10-11-23-28-33-38-43-51(54)57-46-50(59-53(56)45-40-35-30-25-20-22-27-32-37-42-49(4)5)47-58-52(55)44-39-34-29-24-19-17-15-13-12-14-16-18-21-26-31-36-41-48(2)3/h48-50H,6-47H2,1-5H3/t50-/m0/s1. The van der Waals surface area contributed by atoms with Crippen LogP contribution >= 0.6 is 0 Å². The van der Waals surface area contributed by atoms with E-state index < -0.39 is 6.10 Å². The zero-order valence-corrected chi connectivity index (χ0v) is 40.4. The number of ether oxygens (including phenoxy) is 3. The van der Waals surface area contributed by atoms with Crippen molar-refractivity contribution in [1.82, 2.24) is 0 Å². The highest BCUT2D eigenvalue weighted by atomic mass is 16.6. The molecule has 0 unspecified atom stereocenters. The van der Waals surface area contributed by atoms with Crippen LogP contribution in [0.2, 0.25) is 0 Å². The minimum absolute atomic E-state index is 0.0638. The van der Waals surface area contributed by atoms with Crippen LogP contribution in [0.1, 0.15) is 291 Å². The summed E-state index contributed by atoms with van der Waals surface area (Å²) in [6.45, 7) is 11.4. The minimum atomic E-state index is -0.761. The average Bonchev–Trinajstić information content (AvgIpc) is 3.20. The van der Waals surface area contributed by atoms with E-state index in [2.05, 4.69) is 34.6 Å². The van der Waals surface area contributed by atoms with Crippen LogP contribution in [0.5, 0.6) is 0 Å². The average molecular weight is 835 g/mol. The van der Waals surface area contributed by atoms with Crippen LogP contribution in [0.3, 0.4) is 0 Å². The molecule has 0 spiro atoms. The third-order valence-electron chi connectivity index (χ3n) is 12.0. The highest BCUT2D eigenvalue weighted by Gasteiger charge is 2.19. The molecule has 0 heterocycles. The Balaban J connectivity index is 4.23. The van der Waals surface area contributed by atoms with Gasteiger partial charge < -0.3 is 14.2 Å². The lowest BCUT2D eigenvalue weighted by Gasteiger charge is -2.18. The summed E-state index contributed by atoms with van der Waals surface area (Å²) in [4.78, 5) is 37.9. The molecule has 0 rings (SSSR count). The van der Waals surface area contributed by atoms with Gasteiger partial charge in [0, 0.05) is 19.3 Å². The predicted molar refractivity (Wildman–Crippen MR) is 252 cm³/mol. The van der Waals surface area contributed by atoms with E-state index in [-0.39, 0.29) is 31.1 Å². The van der Waals surface area contributed by atoms with Crippen LogP contribution in [0.25, 0.3) is 0 Å². The summed E-state index contributed by atoms with van der Waals surface area (Å²) < 4.78 is 16.8. The van der Waals surface area contributed by atoms with Gasteiger partial charge in [0.05, 0.1) is 0 Å². The second kappa shape index (κ2) is 45.9. The van der Waals surface area contributed by atoms with Crippen LogP contribution in [-0.2, 0) is 28.6 Å². The molecule has 350 valence electrons. The monoisotopic (exact) mass is 835 g/mol. The summed E-state index contributed by atoms with van der Waals surface area (Å²) in [6.07, 6.45) is 46.7. The summed E-state index contributed by atoms with van der Waals surface area (Å²) in [5, 5.41) is 0. The van der Waals surface area contributed by atoms with Gasteiger partial charge in [0.1, 0.15) is 13.2 Å². The van der Waals surface area contributed by atoms with Crippen molar-refractivity contribution in [2.24, 2.45) is 11.8 Å². The second-order valence-electron chi connectivity index (χ2n) is 19.1. The molecular formula is C53H102O6. The molecule has 0 N–H and O–H groups in total. The first-order chi connectivity index (χ1) is 28.7. The van der Waals surface area contributed by atoms with E-state index >= 15 is 0 Å². The van der Waals surface area contributed by atoms with Gasteiger partial charge in [-0.1, -0.05) is 253 Å². The summed E-state index contributed by atoms with van der Waals surface area (Å²) in [5.74, 6) is 0.809. The zero-order valence-electron chi connectivity index (χ0n) is 40.4. The normalized spacial score (nSPS) is 12.1. The molecule has 0 amide bonds. The fourth-order valence-corrected chi connectivity index (χ4v) is 7.99. The first-order valence-corrected chi connectivity index (χ1v) is 26.2. The van der Waals surface area contributed by atoms with Crippen molar-refractivity contribution in [2.45, 2.75) is 298 Å². The lowest BCUT2D eigenvalue weighted by molar-refractivity contribution is -0.167. The molecule has 6 nitrogen and oxygen atoms in total. The quantitative estimate of drug-likeness (QED) is 0.0345. The van der Waals surface area contributed by atoms with E-state index in [1.54, 1.807) is 0 Å². The zero-order chi connectivity index (χ0) is 43.3. The second-order valence-corrected chi connectivity index (χ2v) is 19.1. The maximum absolute atomic E-state index is 12.8. The molecule has 0 saturated heterocycles. The van der Waals surface area contributed by atoms with Gasteiger partial charge in [-0.25, -0.2) is 0 Å². The molecule has 0 radical (unpaired) electrons. The fourth-order valence-electron chi connectivity index (χ4n) is 7.99. The van der Waals surface area contributed by atoms with Gasteiger partial charge in [0.15, 0.2) is 6.10 Å². The first-order valence-electron chi connectivity index (χ1n) is 26.2. The Labute approximate surface area is 368 Å². The van der Waals surface area contributed by atoms with Crippen molar-refractivity contribution in [3.05, 3.63) is 0 Å². The third-order valence-corrected chi connectivity index (χ3v) is 12.0. The minimum Gasteiger partial charge on any atom is -0.462 e. The van der Waals surface area contributed by atoms with Gasteiger partial charge >= 0.3 is 17.9 Å². The van der Waals surface area contributed by atoms with Crippen LogP contribution in [0, 0.1) is 11.8 Å².